The number of aliphatic hydroxyl groups excluding tert-OH is 1. The van der Waals surface area contributed by atoms with Crippen LogP contribution in [0.4, 0.5) is 0 Å². The maximum Gasteiger partial charge on any atom is 0.0907 e. The third-order valence-corrected chi connectivity index (χ3v) is 6.21. The lowest BCUT2D eigenvalue weighted by Crippen LogP contribution is -2.26. The topological polar surface area (TPSA) is 38.7 Å². The highest BCUT2D eigenvalue weighted by Crippen LogP contribution is 2.48. The van der Waals surface area contributed by atoms with E-state index in [0.29, 0.717) is 26.4 Å². The Morgan fingerprint density at radius 1 is 0.586 bits per heavy atom. The molecule has 0 radical (unpaired) electrons. The van der Waals surface area contributed by atoms with Gasteiger partial charge in [0.15, 0.2) is 0 Å². The number of rotatable bonds is 12. The van der Waals surface area contributed by atoms with Gasteiger partial charge in [-0.25, -0.2) is 0 Å². The van der Waals surface area contributed by atoms with Crippen molar-refractivity contribution in [3.8, 4) is 0 Å². The summed E-state index contributed by atoms with van der Waals surface area (Å²) in [6.07, 6.45) is 0. The maximum absolute atomic E-state index is 8.75. The van der Waals surface area contributed by atoms with Crippen LogP contribution in [0.1, 0.15) is 16.7 Å². The van der Waals surface area contributed by atoms with Crippen LogP contribution >= 0.6 is 11.8 Å². The van der Waals surface area contributed by atoms with Gasteiger partial charge >= 0.3 is 0 Å². The van der Waals surface area contributed by atoms with Crippen molar-refractivity contribution in [3.63, 3.8) is 0 Å². The van der Waals surface area contributed by atoms with E-state index >= 15 is 0 Å². The average Bonchev–Trinajstić information content (AvgIpc) is 2.80. The quantitative estimate of drug-likeness (QED) is 0.347. The van der Waals surface area contributed by atoms with Gasteiger partial charge in [0.1, 0.15) is 0 Å². The third-order valence-electron chi connectivity index (χ3n) is 4.69. The summed E-state index contributed by atoms with van der Waals surface area (Å²) in [6.45, 7) is 2.09. The third kappa shape index (κ3) is 5.71. The Bertz CT molecular complexity index is 713. The van der Waals surface area contributed by atoms with Gasteiger partial charge in [0.2, 0.25) is 0 Å². The zero-order valence-electron chi connectivity index (χ0n) is 16.6. The monoisotopic (exact) mass is 408 g/mol. The minimum absolute atomic E-state index is 0.0452. The fourth-order valence-corrected chi connectivity index (χ4v) is 4.82. The van der Waals surface area contributed by atoms with Gasteiger partial charge in [-0.1, -0.05) is 91.0 Å². The highest BCUT2D eigenvalue weighted by atomic mass is 32.2. The molecule has 0 aliphatic heterocycles. The molecular formula is C25H28O3S. The summed E-state index contributed by atoms with van der Waals surface area (Å²) < 4.78 is 10.7. The Morgan fingerprint density at radius 2 is 1.00 bits per heavy atom. The lowest BCUT2D eigenvalue weighted by Gasteiger charge is -2.35. The van der Waals surface area contributed by atoms with Gasteiger partial charge in [0.25, 0.3) is 0 Å². The molecule has 0 aromatic heterocycles. The van der Waals surface area contributed by atoms with Gasteiger partial charge in [-0.2, -0.15) is 0 Å². The fourth-order valence-electron chi connectivity index (χ4n) is 3.41. The van der Waals surface area contributed by atoms with Crippen LogP contribution in [0.25, 0.3) is 0 Å². The first-order valence-corrected chi connectivity index (χ1v) is 10.9. The van der Waals surface area contributed by atoms with Gasteiger partial charge in [-0.05, 0) is 16.7 Å². The number of ether oxygens (including phenoxy) is 2. The summed E-state index contributed by atoms with van der Waals surface area (Å²) >= 11 is 1.89. The molecule has 0 bridgehead atoms. The first-order valence-electron chi connectivity index (χ1n) is 9.95. The van der Waals surface area contributed by atoms with Crippen LogP contribution in [-0.4, -0.2) is 43.9 Å². The average molecular weight is 409 g/mol. The summed E-state index contributed by atoms with van der Waals surface area (Å²) in [7, 11) is 0. The Hall–Kier alpha value is -2.11. The Kier molecular flexibility index (Phi) is 8.78. The Morgan fingerprint density at radius 3 is 1.41 bits per heavy atom. The van der Waals surface area contributed by atoms with Crippen molar-refractivity contribution in [2.24, 2.45) is 0 Å². The van der Waals surface area contributed by atoms with Gasteiger partial charge < -0.3 is 14.6 Å². The largest absolute Gasteiger partial charge is 0.394 e. The lowest BCUT2D eigenvalue weighted by molar-refractivity contribution is 0.0377. The van der Waals surface area contributed by atoms with E-state index in [1.165, 1.54) is 16.7 Å². The molecule has 152 valence electrons. The van der Waals surface area contributed by atoms with Crippen LogP contribution < -0.4 is 0 Å². The number of aliphatic hydroxyl groups is 1. The van der Waals surface area contributed by atoms with E-state index in [1.807, 2.05) is 11.8 Å². The van der Waals surface area contributed by atoms with E-state index in [2.05, 4.69) is 91.0 Å². The van der Waals surface area contributed by atoms with E-state index in [0.717, 1.165) is 5.75 Å². The molecule has 1 N–H and O–H groups in total. The molecular weight excluding hydrogens is 380 g/mol. The predicted molar refractivity (Wildman–Crippen MR) is 120 cm³/mol. The van der Waals surface area contributed by atoms with Crippen LogP contribution in [-0.2, 0) is 14.2 Å². The van der Waals surface area contributed by atoms with E-state index in [9.17, 15) is 0 Å². The molecule has 3 aromatic rings. The van der Waals surface area contributed by atoms with E-state index in [-0.39, 0.29) is 11.4 Å². The summed E-state index contributed by atoms with van der Waals surface area (Å²) in [5.41, 5.74) is 3.77. The number of benzene rings is 3. The first-order chi connectivity index (χ1) is 14.4. The zero-order chi connectivity index (χ0) is 20.2. The van der Waals surface area contributed by atoms with E-state index in [4.69, 9.17) is 14.6 Å². The molecule has 3 rings (SSSR count). The summed E-state index contributed by atoms with van der Waals surface area (Å²) in [5, 5.41) is 8.75. The molecule has 4 heteroatoms. The molecule has 0 heterocycles. The highest BCUT2D eigenvalue weighted by molar-refractivity contribution is 8.00. The number of hydrogen-bond donors (Lipinski definition) is 1. The predicted octanol–water partition coefficient (Wildman–Crippen LogP) is 4.74. The molecule has 0 saturated heterocycles. The van der Waals surface area contributed by atoms with Crippen molar-refractivity contribution in [3.05, 3.63) is 108 Å². The van der Waals surface area contributed by atoms with Crippen molar-refractivity contribution in [2.75, 3.05) is 38.8 Å². The van der Waals surface area contributed by atoms with E-state index in [1.54, 1.807) is 0 Å². The minimum atomic E-state index is -0.305. The van der Waals surface area contributed by atoms with Gasteiger partial charge in [-0.3, -0.25) is 0 Å². The second-order valence-corrected chi connectivity index (χ2v) is 7.89. The molecule has 29 heavy (non-hydrogen) atoms. The molecule has 0 fully saturated rings. The summed E-state index contributed by atoms with van der Waals surface area (Å²) in [4.78, 5) is 0. The SMILES string of the molecule is OCCOCCOCCSC(c1ccccc1)(c1ccccc1)c1ccccc1. The van der Waals surface area contributed by atoms with Crippen molar-refractivity contribution >= 4 is 11.8 Å². The smallest absolute Gasteiger partial charge is 0.0907 e. The lowest BCUT2D eigenvalue weighted by atomic mass is 9.84. The molecule has 0 unspecified atom stereocenters. The second-order valence-electron chi connectivity index (χ2n) is 6.58. The Labute approximate surface area is 177 Å². The highest BCUT2D eigenvalue weighted by Gasteiger charge is 2.36. The standard InChI is InChI=1S/C25H28O3S/c26-16-17-27-18-19-28-20-21-29-25(22-10-4-1-5-11-22,23-12-6-2-7-13-23)24-14-8-3-9-15-24/h1-15,26H,16-21H2. The minimum Gasteiger partial charge on any atom is -0.394 e. The molecule has 0 spiro atoms. The van der Waals surface area contributed by atoms with Gasteiger partial charge in [0.05, 0.1) is 37.8 Å². The van der Waals surface area contributed by atoms with Gasteiger partial charge in [0, 0.05) is 5.75 Å². The van der Waals surface area contributed by atoms with Crippen molar-refractivity contribution in [2.45, 2.75) is 4.75 Å². The van der Waals surface area contributed by atoms with E-state index < -0.39 is 0 Å². The van der Waals surface area contributed by atoms with Crippen molar-refractivity contribution in [1.82, 2.24) is 0 Å². The summed E-state index contributed by atoms with van der Waals surface area (Å²) in [6, 6.07) is 32.0. The van der Waals surface area contributed by atoms with Crippen LogP contribution in [0.2, 0.25) is 0 Å². The fraction of sp³-hybridized carbons (Fsp3) is 0.280. The van der Waals surface area contributed by atoms with Crippen molar-refractivity contribution < 1.29 is 14.6 Å². The Balaban J connectivity index is 1.83. The van der Waals surface area contributed by atoms with Crippen LogP contribution in [0.3, 0.4) is 0 Å². The molecule has 0 amide bonds. The molecule has 3 aromatic carbocycles. The first kappa shape index (κ1) is 21.6. The van der Waals surface area contributed by atoms with Crippen LogP contribution in [0, 0.1) is 0 Å². The zero-order valence-corrected chi connectivity index (χ0v) is 17.4. The number of hydrogen-bond acceptors (Lipinski definition) is 4. The van der Waals surface area contributed by atoms with Crippen LogP contribution in [0.5, 0.6) is 0 Å². The second kappa shape index (κ2) is 11.8. The molecule has 0 aliphatic rings. The van der Waals surface area contributed by atoms with Gasteiger partial charge in [-0.15, -0.1) is 11.8 Å². The maximum atomic E-state index is 8.75. The summed E-state index contributed by atoms with van der Waals surface area (Å²) in [5.74, 6) is 0.846. The molecule has 0 atom stereocenters. The van der Waals surface area contributed by atoms with Crippen molar-refractivity contribution in [1.29, 1.82) is 0 Å². The molecule has 0 saturated carbocycles. The normalized spacial score (nSPS) is 11.5. The number of thioether (sulfide) groups is 1. The molecule has 0 aliphatic carbocycles. The molecule has 3 nitrogen and oxygen atoms in total. The van der Waals surface area contributed by atoms with Crippen LogP contribution in [0.15, 0.2) is 91.0 Å².